The van der Waals surface area contributed by atoms with Crippen LogP contribution in [0, 0.1) is 10.1 Å². The quantitative estimate of drug-likeness (QED) is 0.673. The molecule has 0 aliphatic carbocycles. The van der Waals surface area contributed by atoms with Crippen LogP contribution in [-0.4, -0.2) is 53.6 Å². The van der Waals surface area contributed by atoms with E-state index in [1.165, 1.54) is 6.07 Å². The van der Waals surface area contributed by atoms with Gasteiger partial charge in [0.05, 0.1) is 16.2 Å². The number of anilines is 1. The van der Waals surface area contributed by atoms with Gasteiger partial charge >= 0.3 is 5.97 Å². The fourth-order valence-corrected chi connectivity index (χ4v) is 2.69. The van der Waals surface area contributed by atoms with Crippen molar-refractivity contribution < 1.29 is 14.8 Å². The Bertz CT molecular complexity index is 561. The molecule has 0 spiro atoms. The number of carboxylic acid groups (broad SMARTS) is 1. The molecule has 1 aromatic carbocycles. The molecule has 114 valence electrons. The summed E-state index contributed by atoms with van der Waals surface area (Å²) in [4.78, 5) is 25.9. The number of hydrogen-bond acceptors (Lipinski definition) is 5. The Morgan fingerprint density at radius 3 is 2.76 bits per heavy atom. The van der Waals surface area contributed by atoms with Crippen LogP contribution in [0.25, 0.3) is 0 Å². The highest BCUT2D eigenvalue weighted by Crippen LogP contribution is 2.27. The molecule has 1 aromatic rings. The Morgan fingerprint density at radius 1 is 1.48 bits per heavy atom. The minimum atomic E-state index is -1.14. The SMILES string of the molecule is CCC1CN(c2ccc([N+](=O)[O-])cc2C(=O)O)CCN1C. The lowest BCUT2D eigenvalue weighted by Gasteiger charge is -2.40. The normalized spacial score (nSPS) is 19.5. The molecule has 0 amide bonds. The van der Waals surface area contributed by atoms with Crippen molar-refractivity contribution in [2.24, 2.45) is 0 Å². The van der Waals surface area contributed by atoms with E-state index in [0.29, 0.717) is 18.3 Å². The van der Waals surface area contributed by atoms with Crippen LogP contribution in [0.1, 0.15) is 23.7 Å². The standard InChI is InChI=1S/C14H19N3O4/c1-3-10-9-16(7-6-15(10)2)13-5-4-11(17(20)21)8-12(13)14(18)19/h4-5,8,10H,3,6-7,9H2,1-2H3,(H,18,19). The summed E-state index contributed by atoms with van der Waals surface area (Å²) in [7, 11) is 2.06. The topological polar surface area (TPSA) is 86.9 Å². The molecule has 1 fully saturated rings. The first-order chi connectivity index (χ1) is 9.93. The number of non-ortho nitro benzene ring substituents is 1. The van der Waals surface area contributed by atoms with Crippen LogP contribution in [0.5, 0.6) is 0 Å². The molecule has 1 atom stereocenters. The molecular formula is C14H19N3O4. The van der Waals surface area contributed by atoms with E-state index in [1.807, 2.05) is 4.90 Å². The number of carbonyl (C=O) groups is 1. The maximum Gasteiger partial charge on any atom is 0.338 e. The summed E-state index contributed by atoms with van der Waals surface area (Å²) in [6.07, 6.45) is 0.975. The maximum absolute atomic E-state index is 11.4. The van der Waals surface area contributed by atoms with Gasteiger partial charge < -0.3 is 10.0 Å². The predicted octanol–water partition coefficient (Wildman–Crippen LogP) is 1.82. The van der Waals surface area contributed by atoms with Crippen molar-refractivity contribution in [3.63, 3.8) is 0 Å². The molecule has 0 bridgehead atoms. The number of carboxylic acids is 1. The van der Waals surface area contributed by atoms with E-state index in [4.69, 9.17) is 0 Å². The van der Waals surface area contributed by atoms with Gasteiger partial charge in [-0.15, -0.1) is 0 Å². The Hall–Kier alpha value is -2.15. The number of aromatic carboxylic acids is 1. The van der Waals surface area contributed by atoms with Crippen LogP contribution in [0.4, 0.5) is 11.4 Å². The van der Waals surface area contributed by atoms with Crippen LogP contribution in [-0.2, 0) is 0 Å². The number of likely N-dealkylation sites (N-methyl/N-ethyl adjacent to an activating group) is 1. The maximum atomic E-state index is 11.4. The third kappa shape index (κ3) is 3.13. The number of nitro groups is 1. The van der Waals surface area contributed by atoms with Crippen molar-refractivity contribution in [1.29, 1.82) is 0 Å². The van der Waals surface area contributed by atoms with E-state index in [0.717, 1.165) is 25.6 Å². The van der Waals surface area contributed by atoms with Gasteiger partial charge in [-0.2, -0.15) is 0 Å². The molecule has 1 heterocycles. The smallest absolute Gasteiger partial charge is 0.338 e. The van der Waals surface area contributed by atoms with Gasteiger partial charge in [0, 0.05) is 37.8 Å². The Morgan fingerprint density at radius 2 is 2.19 bits per heavy atom. The van der Waals surface area contributed by atoms with Crippen molar-refractivity contribution >= 4 is 17.3 Å². The third-order valence-corrected chi connectivity index (χ3v) is 4.01. The van der Waals surface area contributed by atoms with Gasteiger partial charge in [0.2, 0.25) is 0 Å². The van der Waals surface area contributed by atoms with E-state index in [1.54, 1.807) is 6.07 Å². The van der Waals surface area contributed by atoms with E-state index < -0.39 is 10.9 Å². The summed E-state index contributed by atoms with van der Waals surface area (Å²) < 4.78 is 0. The third-order valence-electron chi connectivity index (χ3n) is 4.01. The fraction of sp³-hybridized carbons (Fsp3) is 0.500. The van der Waals surface area contributed by atoms with Crippen molar-refractivity contribution in [2.45, 2.75) is 19.4 Å². The number of rotatable bonds is 4. The Kier molecular flexibility index (Phi) is 4.42. The van der Waals surface area contributed by atoms with Gasteiger partial charge in [-0.1, -0.05) is 6.92 Å². The van der Waals surface area contributed by atoms with E-state index >= 15 is 0 Å². The molecule has 2 rings (SSSR count). The number of hydrogen-bond donors (Lipinski definition) is 1. The number of benzene rings is 1. The predicted molar refractivity (Wildman–Crippen MR) is 79.0 cm³/mol. The molecule has 0 radical (unpaired) electrons. The summed E-state index contributed by atoms with van der Waals surface area (Å²) in [5.41, 5.74) is 0.348. The average Bonchev–Trinajstić information content (AvgIpc) is 2.47. The summed E-state index contributed by atoms with van der Waals surface area (Å²) in [5, 5.41) is 20.1. The van der Waals surface area contributed by atoms with Crippen LogP contribution >= 0.6 is 0 Å². The highest BCUT2D eigenvalue weighted by atomic mass is 16.6. The van der Waals surface area contributed by atoms with Gasteiger partial charge in [-0.3, -0.25) is 15.0 Å². The molecule has 0 saturated carbocycles. The van der Waals surface area contributed by atoms with Crippen LogP contribution in [0.15, 0.2) is 18.2 Å². The number of nitro benzene ring substituents is 1. The minimum Gasteiger partial charge on any atom is -0.478 e. The molecule has 1 saturated heterocycles. The Balaban J connectivity index is 2.35. The summed E-state index contributed by atoms with van der Waals surface area (Å²) in [6.45, 7) is 4.38. The van der Waals surface area contributed by atoms with E-state index in [2.05, 4.69) is 18.9 Å². The zero-order chi connectivity index (χ0) is 15.6. The lowest BCUT2D eigenvalue weighted by atomic mass is 10.1. The van der Waals surface area contributed by atoms with Crippen molar-refractivity contribution in [1.82, 2.24) is 4.90 Å². The van der Waals surface area contributed by atoms with Crippen molar-refractivity contribution in [2.75, 3.05) is 31.6 Å². The summed E-state index contributed by atoms with van der Waals surface area (Å²) in [5.74, 6) is -1.14. The summed E-state index contributed by atoms with van der Waals surface area (Å²) in [6, 6.07) is 4.40. The Labute approximate surface area is 122 Å². The highest BCUT2D eigenvalue weighted by molar-refractivity contribution is 5.95. The molecule has 0 aromatic heterocycles. The molecule has 1 aliphatic heterocycles. The fourth-order valence-electron chi connectivity index (χ4n) is 2.69. The molecular weight excluding hydrogens is 274 g/mol. The molecule has 21 heavy (non-hydrogen) atoms. The molecule has 1 aliphatic rings. The van der Waals surface area contributed by atoms with Crippen LogP contribution in [0.2, 0.25) is 0 Å². The minimum absolute atomic E-state index is 0.0105. The first kappa shape index (κ1) is 15.2. The molecule has 7 heteroatoms. The zero-order valence-electron chi connectivity index (χ0n) is 12.2. The average molecular weight is 293 g/mol. The lowest BCUT2D eigenvalue weighted by molar-refractivity contribution is -0.384. The van der Waals surface area contributed by atoms with Crippen molar-refractivity contribution in [3.8, 4) is 0 Å². The summed E-state index contributed by atoms with van der Waals surface area (Å²) >= 11 is 0. The van der Waals surface area contributed by atoms with Gasteiger partial charge in [-0.05, 0) is 19.5 Å². The van der Waals surface area contributed by atoms with Gasteiger partial charge in [0.1, 0.15) is 0 Å². The number of nitrogens with zero attached hydrogens (tertiary/aromatic N) is 3. The number of piperazine rings is 1. The monoisotopic (exact) mass is 293 g/mol. The molecule has 1 N–H and O–H groups in total. The van der Waals surface area contributed by atoms with Gasteiger partial charge in [0.25, 0.3) is 5.69 Å². The van der Waals surface area contributed by atoms with Crippen molar-refractivity contribution in [3.05, 3.63) is 33.9 Å². The van der Waals surface area contributed by atoms with Gasteiger partial charge in [-0.25, -0.2) is 4.79 Å². The van der Waals surface area contributed by atoms with E-state index in [9.17, 15) is 20.0 Å². The lowest BCUT2D eigenvalue weighted by Crippen LogP contribution is -2.51. The molecule has 7 nitrogen and oxygen atoms in total. The second-order valence-electron chi connectivity index (χ2n) is 5.25. The largest absolute Gasteiger partial charge is 0.478 e. The highest BCUT2D eigenvalue weighted by Gasteiger charge is 2.26. The second kappa shape index (κ2) is 6.09. The second-order valence-corrected chi connectivity index (χ2v) is 5.25. The van der Waals surface area contributed by atoms with E-state index in [-0.39, 0.29) is 11.3 Å². The van der Waals surface area contributed by atoms with Crippen LogP contribution in [0.3, 0.4) is 0 Å². The zero-order valence-corrected chi connectivity index (χ0v) is 12.2. The first-order valence-electron chi connectivity index (χ1n) is 6.91. The van der Waals surface area contributed by atoms with Crippen LogP contribution < -0.4 is 4.90 Å². The first-order valence-corrected chi connectivity index (χ1v) is 6.91. The molecule has 1 unspecified atom stereocenters. The van der Waals surface area contributed by atoms with Gasteiger partial charge in [0.15, 0.2) is 0 Å².